The predicted octanol–water partition coefficient (Wildman–Crippen LogP) is 3.51. The number of nitrogens with one attached hydrogen (secondary N) is 1. The van der Waals surface area contributed by atoms with Crippen molar-refractivity contribution in [2.45, 2.75) is 18.2 Å². The predicted molar refractivity (Wildman–Crippen MR) is 87.7 cm³/mol. The van der Waals surface area contributed by atoms with Gasteiger partial charge in [-0.15, -0.1) is 0 Å². The van der Waals surface area contributed by atoms with Crippen molar-refractivity contribution in [1.29, 1.82) is 0 Å². The Labute approximate surface area is 137 Å². The van der Waals surface area contributed by atoms with Crippen LogP contribution in [0.5, 0.6) is 0 Å². The lowest BCUT2D eigenvalue weighted by Gasteiger charge is -2.12. The van der Waals surface area contributed by atoms with Gasteiger partial charge in [0.1, 0.15) is 0 Å². The molecule has 0 aliphatic carbocycles. The highest BCUT2D eigenvalue weighted by atomic mass is 79.9. The van der Waals surface area contributed by atoms with Gasteiger partial charge in [0, 0.05) is 10.2 Å². The molecule has 0 aromatic heterocycles. The molecular formula is C15H14BrNO4S. The van der Waals surface area contributed by atoms with E-state index in [1.54, 1.807) is 24.3 Å². The van der Waals surface area contributed by atoms with E-state index in [0.29, 0.717) is 17.7 Å². The first-order chi connectivity index (χ1) is 10.3. The van der Waals surface area contributed by atoms with Crippen molar-refractivity contribution < 1.29 is 18.3 Å². The minimum Gasteiger partial charge on any atom is -0.478 e. The molecule has 0 heterocycles. The van der Waals surface area contributed by atoms with Crippen molar-refractivity contribution in [3.63, 3.8) is 0 Å². The highest BCUT2D eigenvalue weighted by Crippen LogP contribution is 2.23. The number of carboxylic acid groups (broad SMARTS) is 1. The van der Waals surface area contributed by atoms with E-state index in [1.807, 2.05) is 6.92 Å². The number of hydrogen-bond donors (Lipinski definition) is 2. The van der Waals surface area contributed by atoms with Gasteiger partial charge in [-0.3, -0.25) is 4.72 Å². The first-order valence-electron chi connectivity index (χ1n) is 6.48. The van der Waals surface area contributed by atoms with Crippen LogP contribution in [0.15, 0.2) is 51.8 Å². The number of benzene rings is 2. The standard InChI is InChI=1S/C15H14BrNO4S/c1-2-10-3-4-11(15(18)19)9-14(10)22(20,21)17-13-7-5-12(16)6-8-13/h3-9,17H,2H2,1H3,(H,18,19). The van der Waals surface area contributed by atoms with Crippen LogP contribution in [-0.2, 0) is 16.4 Å². The van der Waals surface area contributed by atoms with Gasteiger partial charge in [-0.1, -0.05) is 28.9 Å². The topological polar surface area (TPSA) is 83.5 Å². The number of aromatic carboxylic acids is 1. The zero-order valence-electron chi connectivity index (χ0n) is 11.7. The summed E-state index contributed by atoms with van der Waals surface area (Å²) in [4.78, 5) is 11.0. The molecule has 0 unspecified atom stereocenters. The van der Waals surface area contributed by atoms with Crippen LogP contribution < -0.4 is 4.72 Å². The van der Waals surface area contributed by atoms with Gasteiger partial charge in [0.25, 0.3) is 10.0 Å². The number of anilines is 1. The Bertz CT molecular complexity index is 801. The third-order valence-corrected chi connectivity index (χ3v) is 5.07. The lowest BCUT2D eigenvalue weighted by Crippen LogP contribution is -2.16. The molecule has 22 heavy (non-hydrogen) atoms. The molecule has 0 amide bonds. The molecule has 5 nitrogen and oxygen atoms in total. The van der Waals surface area contributed by atoms with Gasteiger partial charge in [-0.25, -0.2) is 13.2 Å². The Hall–Kier alpha value is -1.86. The molecule has 2 aromatic carbocycles. The van der Waals surface area contributed by atoms with Crippen molar-refractivity contribution in [1.82, 2.24) is 0 Å². The van der Waals surface area contributed by atoms with Gasteiger partial charge >= 0.3 is 5.97 Å². The normalized spacial score (nSPS) is 11.2. The second-order valence-corrected chi connectivity index (χ2v) is 7.16. The van der Waals surface area contributed by atoms with E-state index in [9.17, 15) is 13.2 Å². The Kier molecular flexibility index (Phi) is 4.87. The second kappa shape index (κ2) is 6.50. The molecule has 2 N–H and O–H groups in total. The van der Waals surface area contributed by atoms with Crippen LogP contribution in [0.3, 0.4) is 0 Å². The molecule has 0 saturated carbocycles. The van der Waals surface area contributed by atoms with Crippen molar-refractivity contribution >= 4 is 37.6 Å². The fraction of sp³-hybridized carbons (Fsp3) is 0.133. The maximum absolute atomic E-state index is 12.5. The lowest BCUT2D eigenvalue weighted by atomic mass is 10.1. The van der Waals surface area contributed by atoms with Gasteiger partial charge in [0.05, 0.1) is 10.5 Å². The first-order valence-corrected chi connectivity index (χ1v) is 8.75. The fourth-order valence-electron chi connectivity index (χ4n) is 1.96. The Balaban J connectivity index is 2.45. The van der Waals surface area contributed by atoms with Crippen LogP contribution in [0.25, 0.3) is 0 Å². The molecule has 2 rings (SSSR count). The molecule has 0 aliphatic heterocycles. The van der Waals surface area contributed by atoms with E-state index < -0.39 is 16.0 Å². The molecule has 116 valence electrons. The fourth-order valence-corrected chi connectivity index (χ4v) is 3.62. The molecule has 0 atom stereocenters. The molecule has 0 radical (unpaired) electrons. The van der Waals surface area contributed by atoms with Gasteiger partial charge < -0.3 is 5.11 Å². The monoisotopic (exact) mass is 383 g/mol. The highest BCUT2D eigenvalue weighted by Gasteiger charge is 2.20. The maximum Gasteiger partial charge on any atom is 0.335 e. The third kappa shape index (κ3) is 3.66. The van der Waals surface area contributed by atoms with Crippen LogP contribution in [0.2, 0.25) is 0 Å². The van der Waals surface area contributed by atoms with Crippen LogP contribution in [-0.4, -0.2) is 19.5 Å². The zero-order valence-corrected chi connectivity index (χ0v) is 14.1. The molecule has 7 heteroatoms. The molecule has 0 bridgehead atoms. The van der Waals surface area contributed by atoms with E-state index in [1.165, 1.54) is 18.2 Å². The minimum atomic E-state index is -3.85. The Morgan fingerprint density at radius 3 is 2.36 bits per heavy atom. The number of carboxylic acids is 1. The van der Waals surface area contributed by atoms with E-state index in [0.717, 1.165) is 4.47 Å². The number of sulfonamides is 1. The molecule has 0 fully saturated rings. The number of hydrogen-bond acceptors (Lipinski definition) is 3. The Morgan fingerprint density at radius 2 is 1.82 bits per heavy atom. The van der Waals surface area contributed by atoms with E-state index in [-0.39, 0.29) is 10.5 Å². The summed E-state index contributed by atoms with van der Waals surface area (Å²) >= 11 is 3.28. The maximum atomic E-state index is 12.5. The van der Waals surface area contributed by atoms with Gasteiger partial charge in [-0.05, 0) is 48.4 Å². The van der Waals surface area contributed by atoms with Crippen molar-refractivity contribution in [3.8, 4) is 0 Å². The first kappa shape index (κ1) is 16.5. The molecular weight excluding hydrogens is 370 g/mol. The van der Waals surface area contributed by atoms with E-state index in [2.05, 4.69) is 20.7 Å². The second-order valence-electron chi connectivity index (χ2n) is 4.59. The van der Waals surface area contributed by atoms with E-state index >= 15 is 0 Å². The average molecular weight is 384 g/mol. The number of carbonyl (C=O) groups is 1. The number of rotatable bonds is 5. The van der Waals surface area contributed by atoms with Crippen molar-refractivity contribution in [3.05, 3.63) is 58.1 Å². The quantitative estimate of drug-likeness (QED) is 0.827. The average Bonchev–Trinajstić information content (AvgIpc) is 2.48. The smallest absolute Gasteiger partial charge is 0.335 e. The van der Waals surface area contributed by atoms with Crippen LogP contribution in [0.4, 0.5) is 5.69 Å². The van der Waals surface area contributed by atoms with Gasteiger partial charge in [0.2, 0.25) is 0 Å². The summed E-state index contributed by atoms with van der Waals surface area (Å²) in [6.45, 7) is 1.81. The van der Waals surface area contributed by atoms with Gasteiger partial charge in [-0.2, -0.15) is 0 Å². The molecule has 2 aromatic rings. The summed E-state index contributed by atoms with van der Waals surface area (Å²) in [5.41, 5.74) is 0.911. The highest BCUT2D eigenvalue weighted by molar-refractivity contribution is 9.10. The molecule has 0 saturated heterocycles. The number of halogens is 1. The summed E-state index contributed by atoms with van der Waals surface area (Å²) in [7, 11) is -3.85. The van der Waals surface area contributed by atoms with Crippen molar-refractivity contribution in [2.24, 2.45) is 0 Å². The summed E-state index contributed by atoms with van der Waals surface area (Å²) in [6.07, 6.45) is 0.483. The van der Waals surface area contributed by atoms with Crippen LogP contribution in [0, 0.1) is 0 Å². The summed E-state index contributed by atoms with van der Waals surface area (Å²) in [5, 5.41) is 9.04. The van der Waals surface area contributed by atoms with E-state index in [4.69, 9.17) is 5.11 Å². The largest absolute Gasteiger partial charge is 0.478 e. The van der Waals surface area contributed by atoms with Crippen LogP contribution >= 0.6 is 15.9 Å². The number of aryl methyl sites for hydroxylation is 1. The summed E-state index contributed by atoms with van der Waals surface area (Å²) in [6, 6.07) is 10.8. The lowest BCUT2D eigenvalue weighted by molar-refractivity contribution is 0.0696. The molecule has 0 aliphatic rings. The van der Waals surface area contributed by atoms with Crippen LogP contribution in [0.1, 0.15) is 22.8 Å². The SMILES string of the molecule is CCc1ccc(C(=O)O)cc1S(=O)(=O)Nc1ccc(Br)cc1. The summed E-state index contributed by atoms with van der Waals surface area (Å²) < 4.78 is 28.3. The molecule has 0 spiro atoms. The van der Waals surface area contributed by atoms with Gasteiger partial charge in [0.15, 0.2) is 0 Å². The van der Waals surface area contributed by atoms with Crippen molar-refractivity contribution in [2.75, 3.05) is 4.72 Å². The third-order valence-electron chi connectivity index (χ3n) is 3.08. The Morgan fingerprint density at radius 1 is 1.18 bits per heavy atom. The zero-order chi connectivity index (χ0) is 16.3. The minimum absolute atomic E-state index is 0.0159. The summed E-state index contributed by atoms with van der Waals surface area (Å²) in [5.74, 6) is -1.16.